The smallest absolute Gasteiger partial charge is 0.303 e. The molecule has 2 saturated heterocycles. The van der Waals surface area contributed by atoms with Crippen molar-refractivity contribution in [3.05, 3.63) is 70.8 Å². The van der Waals surface area contributed by atoms with Crippen molar-refractivity contribution in [2.24, 2.45) is 5.92 Å². The molecule has 2 amide bonds. The standard InChI is InChI=1S/C40H57N3O7/c1-40(2,3)42-38(48)34-22-21-29-9-7-8-10-33(29)43(34)25-32-23-35(30-17-15-28(26-44)16-18-30)50-39(49-32)31-19-13-27(14-20-31)24-41-36(45)11-5-4-6-12-37(46)47/h13-20,29,32-35,39,44H,4-12,21-26H2,1-3H3,(H,41,45)(H,42,48)(H,46,47)/t29-,32-,33-,34-,35+,39+/m1/s1. The van der Waals surface area contributed by atoms with Crippen molar-refractivity contribution in [3.8, 4) is 0 Å². The summed E-state index contributed by atoms with van der Waals surface area (Å²) in [4.78, 5) is 39.2. The lowest BCUT2D eigenvalue weighted by Gasteiger charge is -2.50. The first-order valence-electron chi connectivity index (χ1n) is 18.6. The number of fused-ring (bicyclic) bond motifs is 1. The van der Waals surface area contributed by atoms with Gasteiger partial charge in [-0.1, -0.05) is 67.8 Å². The van der Waals surface area contributed by atoms with Gasteiger partial charge in [-0.25, -0.2) is 0 Å². The van der Waals surface area contributed by atoms with Gasteiger partial charge in [0.15, 0.2) is 6.29 Å². The molecule has 0 bridgehead atoms. The Balaban J connectivity index is 1.29. The molecular formula is C40H57N3O7. The average molecular weight is 692 g/mol. The van der Waals surface area contributed by atoms with Crippen molar-refractivity contribution >= 4 is 17.8 Å². The third-order valence-electron chi connectivity index (χ3n) is 10.4. The molecule has 0 unspecified atom stereocenters. The van der Waals surface area contributed by atoms with E-state index < -0.39 is 12.3 Å². The molecule has 2 aromatic rings. The summed E-state index contributed by atoms with van der Waals surface area (Å²) in [5.74, 6) is -0.154. The predicted octanol–water partition coefficient (Wildman–Crippen LogP) is 6.31. The maximum atomic E-state index is 13.7. The van der Waals surface area contributed by atoms with Crippen LogP contribution in [0.1, 0.15) is 132 Å². The minimum atomic E-state index is -0.807. The van der Waals surface area contributed by atoms with E-state index in [0.29, 0.717) is 57.2 Å². The Bertz CT molecular complexity index is 1410. The minimum absolute atomic E-state index is 0.0186. The summed E-state index contributed by atoms with van der Waals surface area (Å²) in [5, 5.41) is 24.6. The van der Waals surface area contributed by atoms with Gasteiger partial charge in [0.05, 0.1) is 24.9 Å². The monoisotopic (exact) mass is 691 g/mol. The number of hydrogen-bond acceptors (Lipinski definition) is 7. The van der Waals surface area contributed by atoms with Crippen LogP contribution in [0.2, 0.25) is 0 Å². The lowest BCUT2D eigenvalue weighted by atomic mass is 9.75. The normalized spacial score (nSPS) is 25.8. The molecule has 1 saturated carbocycles. The van der Waals surface area contributed by atoms with E-state index in [0.717, 1.165) is 41.5 Å². The maximum Gasteiger partial charge on any atom is 0.303 e. The predicted molar refractivity (Wildman–Crippen MR) is 191 cm³/mol. The zero-order valence-electron chi connectivity index (χ0n) is 30.1. The van der Waals surface area contributed by atoms with E-state index >= 15 is 0 Å². The number of piperidine rings is 1. The Kier molecular flexibility index (Phi) is 13.5. The van der Waals surface area contributed by atoms with E-state index in [2.05, 4.69) is 15.5 Å². The van der Waals surface area contributed by atoms with E-state index in [1.807, 2.05) is 69.3 Å². The number of likely N-dealkylation sites (tertiary alicyclic amines) is 1. The average Bonchev–Trinajstić information content (AvgIpc) is 3.10. The number of carboxylic acids is 1. The topological polar surface area (TPSA) is 137 Å². The highest BCUT2D eigenvalue weighted by Gasteiger charge is 2.44. The highest BCUT2D eigenvalue weighted by atomic mass is 16.7. The lowest BCUT2D eigenvalue weighted by molar-refractivity contribution is -0.255. The van der Waals surface area contributed by atoms with Gasteiger partial charge >= 0.3 is 5.97 Å². The summed E-state index contributed by atoms with van der Waals surface area (Å²) in [6.45, 7) is 7.13. The van der Waals surface area contributed by atoms with Gasteiger partial charge in [0.1, 0.15) is 0 Å². The molecule has 3 aliphatic rings. The fourth-order valence-corrected chi connectivity index (χ4v) is 7.82. The highest BCUT2D eigenvalue weighted by molar-refractivity contribution is 5.82. The molecular weight excluding hydrogens is 634 g/mol. The Morgan fingerprint density at radius 2 is 1.52 bits per heavy atom. The molecule has 4 N–H and O–H groups in total. The lowest BCUT2D eigenvalue weighted by Crippen LogP contribution is -2.61. The van der Waals surface area contributed by atoms with Crippen LogP contribution < -0.4 is 10.6 Å². The first kappa shape index (κ1) is 37.9. The molecule has 10 heteroatoms. The highest BCUT2D eigenvalue weighted by Crippen LogP contribution is 2.42. The molecule has 10 nitrogen and oxygen atoms in total. The molecule has 274 valence electrons. The Labute approximate surface area is 297 Å². The molecule has 0 aromatic heterocycles. The molecule has 1 aliphatic carbocycles. The van der Waals surface area contributed by atoms with E-state index in [1.165, 1.54) is 19.3 Å². The van der Waals surface area contributed by atoms with Gasteiger partial charge in [0.2, 0.25) is 11.8 Å². The van der Waals surface area contributed by atoms with Gasteiger partial charge in [-0.05, 0) is 81.9 Å². The minimum Gasteiger partial charge on any atom is -0.481 e. The van der Waals surface area contributed by atoms with E-state index in [-0.39, 0.29) is 48.6 Å². The number of carboxylic acid groups (broad SMARTS) is 1. The van der Waals surface area contributed by atoms with E-state index in [9.17, 15) is 19.5 Å². The molecule has 3 fully saturated rings. The quantitative estimate of drug-likeness (QED) is 0.169. The maximum absolute atomic E-state index is 13.7. The fourth-order valence-electron chi connectivity index (χ4n) is 7.82. The van der Waals surface area contributed by atoms with Crippen molar-refractivity contribution in [2.75, 3.05) is 6.54 Å². The summed E-state index contributed by atoms with van der Waals surface area (Å²) >= 11 is 0. The number of hydrogen-bond donors (Lipinski definition) is 4. The molecule has 2 aromatic carbocycles. The second-order valence-corrected chi connectivity index (χ2v) is 15.5. The number of unbranched alkanes of at least 4 members (excludes halogenated alkanes) is 2. The van der Waals surface area contributed by atoms with Crippen LogP contribution >= 0.6 is 0 Å². The third-order valence-corrected chi connectivity index (χ3v) is 10.4. The van der Waals surface area contributed by atoms with Crippen molar-refractivity contribution in [1.29, 1.82) is 0 Å². The number of nitrogens with one attached hydrogen (secondary N) is 2. The summed E-state index contributed by atoms with van der Waals surface area (Å²) in [5.41, 5.74) is 3.41. The number of rotatable bonds is 14. The third kappa shape index (κ3) is 10.8. The Morgan fingerprint density at radius 3 is 2.22 bits per heavy atom. The zero-order chi connectivity index (χ0) is 35.7. The summed E-state index contributed by atoms with van der Waals surface area (Å²) in [6.07, 6.45) is 8.80. The number of carbonyl (C=O) groups excluding carboxylic acids is 2. The number of carbonyl (C=O) groups is 3. The molecule has 5 rings (SSSR count). The second-order valence-electron chi connectivity index (χ2n) is 15.5. The van der Waals surface area contributed by atoms with Gasteiger partial charge < -0.3 is 30.3 Å². The number of benzene rings is 2. The van der Waals surface area contributed by atoms with Gasteiger partial charge in [-0.3, -0.25) is 19.3 Å². The number of aliphatic hydroxyl groups excluding tert-OH is 1. The van der Waals surface area contributed by atoms with Crippen LogP contribution in [0.3, 0.4) is 0 Å². The molecule has 0 radical (unpaired) electrons. The van der Waals surface area contributed by atoms with Gasteiger partial charge in [-0.15, -0.1) is 0 Å². The van der Waals surface area contributed by atoms with E-state index in [1.54, 1.807) is 0 Å². The summed E-state index contributed by atoms with van der Waals surface area (Å²) in [7, 11) is 0. The van der Waals surface area contributed by atoms with E-state index in [4.69, 9.17) is 14.6 Å². The number of amides is 2. The first-order valence-corrected chi connectivity index (χ1v) is 18.6. The van der Waals surface area contributed by atoms with Crippen molar-refractivity contribution < 1.29 is 34.1 Å². The van der Waals surface area contributed by atoms with Crippen LogP contribution in [0.5, 0.6) is 0 Å². The molecule has 50 heavy (non-hydrogen) atoms. The van der Waals surface area contributed by atoms with Gasteiger partial charge in [0.25, 0.3) is 0 Å². The SMILES string of the molecule is CC(C)(C)NC(=O)[C@H]1CC[C@H]2CCCC[C@H]2N1C[C@H]1C[C@@H](c2ccc(CO)cc2)O[C@@H](c2ccc(CNC(=O)CCCCCC(=O)O)cc2)O1. The van der Waals surface area contributed by atoms with Crippen LogP contribution in [0, 0.1) is 5.92 Å². The molecule has 0 spiro atoms. The van der Waals surface area contributed by atoms with Gasteiger partial charge in [0, 0.05) is 49.5 Å². The summed E-state index contributed by atoms with van der Waals surface area (Å²) < 4.78 is 13.4. The largest absolute Gasteiger partial charge is 0.481 e. The van der Waals surface area contributed by atoms with Crippen LogP contribution in [0.15, 0.2) is 48.5 Å². The van der Waals surface area contributed by atoms with Crippen molar-refractivity contribution in [2.45, 2.75) is 147 Å². The number of nitrogens with zero attached hydrogens (tertiary/aromatic N) is 1. The molecule has 2 aliphatic heterocycles. The van der Waals surface area contributed by atoms with Gasteiger partial charge in [-0.2, -0.15) is 0 Å². The van der Waals surface area contributed by atoms with Crippen LogP contribution in [0.4, 0.5) is 0 Å². The van der Waals surface area contributed by atoms with Crippen LogP contribution in [0.25, 0.3) is 0 Å². The number of aliphatic carboxylic acids is 1. The fraction of sp³-hybridized carbons (Fsp3) is 0.625. The zero-order valence-corrected chi connectivity index (χ0v) is 30.1. The Hall–Kier alpha value is -3.31. The number of aliphatic hydroxyl groups is 1. The second kappa shape index (κ2) is 17.8. The molecule has 2 heterocycles. The summed E-state index contributed by atoms with van der Waals surface area (Å²) in [6, 6.07) is 16.0. The van der Waals surface area contributed by atoms with Crippen molar-refractivity contribution in [3.63, 3.8) is 0 Å². The molecule has 6 atom stereocenters. The Morgan fingerprint density at radius 1 is 0.840 bits per heavy atom. The number of ether oxygens (including phenoxy) is 2. The van der Waals surface area contributed by atoms with Crippen LogP contribution in [-0.2, 0) is 37.0 Å². The van der Waals surface area contributed by atoms with Crippen LogP contribution in [-0.4, -0.2) is 63.2 Å². The van der Waals surface area contributed by atoms with Crippen molar-refractivity contribution in [1.82, 2.24) is 15.5 Å². The first-order chi connectivity index (χ1) is 24.0.